The van der Waals surface area contributed by atoms with Gasteiger partial charge in [-0.2, -0.15) is 5.10 Å². The van der Waals surface area contributed by atoms with E-state index in [0.29, 0.717) is 18.5 Å². The van der Waals surface area contributed by atoms with Gasteiger partial charge in [0.1, 0.15) is 5.54 Å². The number of nitrogens with one attached hydrogen (secondary N) is 1. The van der Waals surface area contributed by atoms with Gasteiger partial charge < -0.3 is 5.32 Å². The average molecular weight is 322 g/mol. The van der Waals surface area contributed by atoms with Gasteiger partial charge in [-0.3, -0.25) is 9.78 Å². The normalized spacial score (nSPS) is 20.6. The number of aryl methyl sites for hydroxylation is 1. The Balaban J connectivity index is 1.70. The summed E-state index contributed by atoms with van der Waals surface area (Å²) in [5.74, 6) is -0.351. The third-order valence-corrected chi connectivity index (χ3v) is 3.99. The molecule has 2 heterocycles. The van der Waals surface area contributed by atoms with Gasteiger partial charge in [0.15, 0.2) is 0 Å². The summed E-state index contributed by atoms with van der Waals surface area (Å²) in [6.45, 7) is 1.73. The van der Waals surface area contributed by atoms with Crippen LogP contribution in [0.25, 0.3) is 0 Å². The van der Waals surface area contributed by atoms with E-state index in [1.807, 2.05) is 36.4 Å². The van der Waals surface area contributed by atoms with Crippen LogP contribution in [0, 0.1) is 0 Å². The molecule has 1 saturated heterocycles. The summed E-state index contributed by atoms with van der Waals surface area (Å²) in [5, 5.41) is 7.60. The van der Waals surface area contributed by atoms with E-state index in [0.717, 1.165) is 10.6 Å². The van der Waals surface area contributed by atoms with Crippen molar-refractivity contribution in [3.05, 3.63) is 66.0 Å². The lowest BCUT2D eigenvalue weighted by Crippen LogP contribution is -2.44. The third kappa shape index (κ3) is 3.32. The first-order chi connectivity index (χ1) is 11.6. The van der Waals surface area contributed by atoms with Crippen LogP contribution in [0.3, 0.4) is 0 Å². The van der Waals surface area contributed by atoms with Gasteiger partial charge >= 0.3 is 6.03 Å². The Morgan fingerprint density at radius 2 is 1.92 bits per heavy atom. The molecule has 0 spiro atoms. The molecule has 0 bridgehead atoms. The van der Waals surface area contributed by atoms with Gasteiger partial charge in [-0.05, 0) is 37.5 Å². The number of carbonyl (C=O) groups is 2. The Morgan fingerprint density at radius 3 is 2.62 bits per heavy atom. The Kier molecular flexibility index (Phi) is 4.37. The number of aromatic nitrogens is 1. The zero-order chi connectivity index (χ0) is 17.0. The molecule has 3 rings (SSSR count). The van der Waals surface area contributed by atoms with E-state index in [9.17, 15) is 9.59 Å². The number of urea groups is 1. The molecular weight excluding hydrogens is 304 g/mol. The molecule has 24 heavy (non-hydrogen) atoms. The number of amides is 3. The van der Waals surface area contributed by atoms with Crippen molar-refractivity contribution >= 4 is 18.2 Å². The van der Waals surface area contributed by atoms with Gasteiger partial charge in [0.2, 0.25) is 0 Å². The molecule has 1 aromatic carbocycles. The van der Waals surface area contributed by atoms with Gasteiger partial charge in [0, 0.05) is 6.20 Å². The van der Waals surface area contributed by atoms with Crippen molar-refractivity contribution < 1.29 is 9.59 Å². The highest BCUT2D eigenvalue weighted by molar-refractivity contribution is 6.07. The lowest BCUT2D eigenvalue weighted by molar-refractivity contribution is -0.130. The molecule has 1 fully saturated rings. The molecule has 0 unspecified atom stereocenters. The largest absolute Gasteiger partial charge is 0.346 e. The van der Waals surface area contributed by atoms with Crippen molar-refractivity contribution in [2.75, 3.05) is 0 Å². The summed E-state index contributed by atoms with van der Waals surface area (Å²) in [4.78, 5) is 28.8. The lowest BCUT2D eigenvalue weighted by atomic mass is 9.93. The topological polar surface area (TPSA) is 74.7 Å². The van der Waals surface area contributed by atoms with Gasteiger partial charge in [0.05, 0.1) is 11.9 Å². The summed E-state index contributed by atoms with van der Waals surface area (Å²) in [6, 6.07) is 14.7. The number of hydrogen-bond donors (Lipinski definition) is 1. The maximum absolute atomic E-state index is 12.6. The summed E-state index contributed by atoms with van der Waals surface area (Å²) < 4.78 is 0. The van der Waals surface area contributed by atoms with Crippen LogP contribution in [-0.2, 0) is 11.2 Å². The van der Waals surface area contributed by atoms with Gasteiger partial charge in [0.25, 0.3) is 5.91 Å². The van der Waals surface area contributed by atoms with Gasteiger partial charge in [-0.1, -0.05) is 36.4 Å². The van der Waals surface area contributed by atoms with E-state index in [2.05, 4.69) is 15.4 Å². The van der Waals surface area contributed by atoms with Crippen LogP contribution in [0.4, 0.5) is 4.79 Å². The Bertz CT molecular complexity index is 761. The Labute approximate surface area is 140 Å². The molecule has 6 nitrogen and oxygen atoms in total. The van der Waals surface area contributed by atoms with Crippen LogP contribution in [0.15, 0.2) is 59.8 Å². The fraction of sp³-hybridized carbons (Fsp3) is 0.222. The number of hydrazone groups is 1. The minimum atomic E-state index is -0.950. The predicted octanol–water partition coefficient (Wildman–Crippen LogP) is 2.36. The van der Waals surface area contributed by atoms with Crippen LogP contribution in [0.1, 0.15) is 24.6 Å². The van der Waals surface area contributed by atoms with Crippen LogP contribution in [-0.4, -0.2) is 33.7 Å². The van der Waals surface area contributed by atoms with E-state index in [4.69, 9.17) is 0 Å². The number of carbonyl (C=O) groups excluding carboxylic acids is 2. The molecule has 6 heteroatoms. The number of imide groups is 1. The highest BCUT2D eigenvalue weighted by Crippen LogP contribution is 2.23. The lowest BCUT2D eigenvalue weighted by Gasteiger charge is -2.20. The summed E-state index contributed by atoms with van der Waals surface area (Å²) in [7, 11) is 0. The molecule has 1 N–H and O–H groups in total. The molecule has 1 atom stereocenters. The quantitative estimate of drug-likeness (QED) is 0.678. The van der Waals surface area contributed by atoms with Crippen molar-refractivity contribution in [3.8, 4) is 0 Å². The average Bonchev–Trinajstić information content (AvgIpc) is 2.83. The van der Waals surface area contributed by atoms with Crippen molar-refractivity contribution in [2.45, 2.75) is 25.3 Å². The van der Waals surface area contributed by atoms with E-state index in [-0.39, 0.29) is 5.91 Å². The number of nitrogens with zero attached hydrogens (tertiary/aromatic N) is 3. The van der Waals surface area contributed by atoms with Crippen molar-refractivity contribution in [1.29, 1.82) is 0 Å². The molecule has 1 aromatic heterocycles. The van der Waals surface area contributed by atoms with E-state index in [1.165, 1.54) is 6.21 Å². The summed E-state index contributed by atoms with van der Waals surface area (Å²) >= 11 is 0. The predicted molar refractivity (Wildman–Crippen MR) is 90.4 cm³/mol. The second-order valence-corrected chi connectivity index (χ2v) is 5.86. The molecule has 0 saturated carbocycles. The van der Waals surface area contributed by atoms with E-state index < -0.39 is 11.6 Å². The van der Waals surface area contributed by atoms with Gasteiger partial charge in [-0.25, -0.2) is 4.79 Å². The highest BCUT2D eigenvalue weighted by Gasteiger charge is 2.47. The second-order valence-electron chi connectivity index (χ2n) is 5.86. The maximum Gasteiger partial charge on any atom is 0.346 e. The fourth-order valence-corrected chi connectivity index (χ4v) is 2.55. The Morgan fingerprint density at radius 1 is 1.17 bits per heavy atom. The highest BCUT2D eigenvalue weighted by atomic mass is 16.2. The third-order valence-electron chi connectivity index (χ3n) is 3.99. The maximum atomic E-state index is 12.6. The molecule has 2 aromatic rings. The molecule has 0 radical (unpaired) electrons. The monoisotopic (exact) mass is 322 g/mol. The summed E-state index contributed by atoms with van der Waals surface area (Å²) in [6.07, 6.45) is 4.23. The van der Waals surface area contributed by atoms with E-state index in [1.54, 1.807) is 25.3 Å². The van der Waals surface area contributed by atoms with Crippen molar-refractivity contribution in [1.82, 2.24) is 15.3 Å². The van der Waals surface area contributed by atoms with Crippen LogP contribution < -0.4 is 5.32 Å². The first-order valence-corrected chi connectivity index (χ1v) is 7.74. The zero-order valence-electron chi connectivity index (χ0n) is 13.3. The number of pyridine rings is 1. The number of rotatable bonds is 5. The van der Waals surface area contributed by atoms with E-state index >= 15 is 0 Å². The van der Waals surface area contributed by atoms with Crippen LogP contribution in [0.2, 0.25) is 0 Å². The molecule has 0 aliphatic carbocycles. The number of hydrogen-bond acceptors (Lipinski definition) is 4. The summed E-state index contributed by atoms with van der Waals surface area (Å²) in [5.41, 5.74) is 0.751. The van der Waals surface area contributed by atoms with Crippen molar-refractivity contribution in [2.24, 2.45) is 5.10 Å². The first-order valence-electron chi connectivity index (χ1n) is 7.74. The molecule has 3 amide bonds. The first kappa shape index (κ1) is 15.9. The SMILES string of the molecule is C[C@@]1(CCc2ccccc2)NC(=O)N(/N=C\c2ccccn2)C1=O. The van der Waals surface area contributed by atoms with Crippen LogP contribution >= 0.6 is 0 Å². The minimum absolute atomic E-state index is 0.351. The fourth-order valence-electron chi connectivity index (χ4n) is 2.55. The van der Waals surface area contributed by atoms with Crippen molar-refractivity contribution in [3.63, 3.8) is 0 Å². The molecule has 1 aliphatic heterocycles. The smallest absolute Gasteiger partial charge is 0.322 e. The molecular formula is C18H18N4O2. The second kappa shape index (κ2) is 6.62. The Hall–Kier alpha value is -3.02. The molecule has 1 aliphatic rings. The number of benzene rings is 1. The molecule has 122 valence electrons. The van der Waals surface area contributed by atoms with Gasteiger partial charge in [-0.15, -0.1) is 5.01 Å². The standard InChI is InChI=1S/C18H18N4O2/c1-18(11-10-14-7-3-2-4-8-14)16(23)22(17(24)21-18)20-13-15-9-5-6-12-19-15/h2-9,12-13H,10-11H2,1H3,(H,21,24)/b20-13-/t18-/m0/s1. The van der Waals surface area contributed by atoms with Crippen LogP contribution in [0.5, 0.6) is 0 Å². The zero-order valence-corrected chi connectivity index (χ0v) is 13.3. The minimum Gasteiger partial charge on any atom is -0.322 e.